The summed E-state index contributed by atoms with van der Waals surface area (Å²) in [5, 5.41) is 16.2. The van der Waals surface area contributed by atoms with Crippen LogP contribution in [0.2, 0.25) is 0 Å². The molecule has 0 radical (unpaired) electrons. The van der Waals surface area contributed by atoms with Crippen LogP contribution in [0.15, 0.2) is 6.20 Å². The maximum atomic E-state index is 8.76. The summed E-state index contributed by atoms with van der Waals surface area (Å²) in [6.45, 7) is 2.69. The van der Waals surface area contributed by atoms with Gasteiger partial charge in [-0.3, -0.25) is 4.68 Å². The minimum Gasteiger partial charge on any atom is -0.394 e. The first kappa shape index (κ1) is 7.76. The van der Waals surface area contributed by atoms with Gasteiger partial charge >= 0.3 is 0 Å². The Kier molecular flexibility index (Phi) is 2.10. The minimum atomic E-state index is 0.161. The zero-order valence-corrected chi connectivity index (χ0v) is 6.95. The van der Waals surface area contributed by atoms with E-state index in [1.807, 2.05) is 10.9 Å². The van der Waals surface area contributed by atoms with E-state index in [2.05, 4.69) is 10.4 Å². The van der Waals surface area contributed by atoms with Gasteiger partial charge in [0.15, 0.2) is 0 Å². The number of nitrogens with one attached hydrogen (secondary N) is 1. The first-order chi connectivity index (χ1) is 5.92. The third kappa shape index (κ3) is 1.23. The van der Waals surface area contributed by atoms with Crippen molar-refractivity contribution >= 4 is 0 Å². The molecule has 0 atom stereocenters. The minimum absolute atomic E-state index is 0.161. The number of rotatable bonds is 2. The molecule has 66 valence electrons. The fraction of sp³-hybridized carbons (Fsp3) is 0.625. The quantitative estimate of drug-likeness (QED) is 0.625. The van der Waals surface area contributed by atoms with E-state index >= 15 is 0 Å². The molecule has 2 N–H and O–H groups in total. The molecule has 0 spiro atoms. The van der Waals surface area contributed by atoms with E-state index in [9.17, 15) is 0 Å². The second-order valence-electron chi connectivity index (χ2n) is 2.99. The van der Waals surface area contributed by atoms with Gasteiger partial charge in [-0.1, -0.05) is 0 Å². The molecular weight excluding hydrogens is 154 g/mol. The van der Waals surface area contributed by atoms with Gasteiger partial charge in [0.1, 0.15) is 0 Å². The highest BCUT2D eigenvalue weighted by Crippen LogP contribution is 2.12. The van der Waals surface area contributed by atoms with Crippen molar-refractivity contribution in [1.29, 1.82) is 0 Å². The Morgan fingerprint density at radius 2 is 2.58 bits per heavy atom. The van der Waals surface area contributed by atoms with Crippen molar-refractivity contribution in [3.05, 3.63) is 17.5 Å². The molecule has 0 fully saturated rings. The van der Waals surface area contributed by atoms with Gasteiger partial charge in [-0.2, -0.15) is 5.10 Å². The third-order valence-corrected chi connectivity index (χ3v) is 2.21. The van der Waals surface area contributed by atoms with Crippen LogP contribution in [0.1, 0.15) is 11.3 Å². The van der Waals surface area contributed by atoms with Crippen molar-refractivity contribution in [1.82, 2.24) is 15.1 Å². The molecule has 0 bridgehead atoms. The van der Waals surface area contributed by atoms with Crippen LogP contribution < -0.4 is 5.32 Å². The summed E-state index contributed by atoms with van der Waals surface area (Å²) in [5.41, 5.74) is 2.55. The molecule has 0 saturated heterocycles. The van der Waals surface area contributed by atoms with Crippen LogP contribution in [0.3, 0.4) is 0 Å². The number of hydrogen-bond acceptors (Lipinski definition) is 3. The molecule has 2 rings (SSSR count). The Morgan fingerprint density at radius 3 is 3.42 bits per heavy atom. The van der Waals surface area contributed by atoms with E-state index < -0.39 is 0 Å². The first-order valence-electron chi connectivity index (χ1n) is 4.27. The molecule has 4 heteroatoms. The van der Waals surface area contributed by atoms with Crippen LogP contribution in [-0.2, 0) is 19.5 Å². The molecule has 0 saturated carbocycles. The summed E-state index contributed by atoms with van der Waals surface area (Å²) < 4.78 is 1.88. The number of nitrogens with zero attached hydrogens (tertiary/aromatic N) is 2. The van der Waals surface area contributed by atoms with Gasteiger partial charge in [-0.25, -0.2) is 0 Å². The molecule has 0 amide bonds. The average Bonchev–Trinajstić information content (AvgIpc) is 2.50. The number of aromatic nitrogens is 2. The highest BCUT2D eigenvalue weighted by molar-refractivity contribution is 5.20. The molecule has 1 aromatic rings. The van der Waals surface area contributed by atoms with Crippen LogP contribution >= 0.6 is 0 Å². The van der Waals surface area contributed by atoms with Crippen molar-refractivity contribution in [2.75, 3.05) is 13.2 Å². The summed E-state index contributed by atoms with van der Waals surface area (Å²) in [6.07, 6.45) is 2.96. The fourth-order valence-electron chi connectivity index (χ4n) is 1.58. The maximum absolute atomic E-state index is 8.76. The van der Waals surface area contributed by atoms with Crippen LogP contribution in [0.4, 0.5) is 0 Å². The molecule has 0 aromatic carbocycles. The van der Waals surface area contributed by atoms with Gasteiger partial charge < -0.3 is 10.4 Å². The number of aliphatic hydroxyl groups excluding tert-OH is 1. The summed E-state index contributed by atoms with van der Waals surface area (Å²) >= 11 is 0. The van der Waals surface area contributed by atoms with Crippen molar-refractivity contribution < 1.29 is 5.11 Å². The largest absolute Gasteiger partial charge is 0.394 e. The second kappa shape index (κ2) is 3.25. The van der Waals surface area contributed by atoms with Gasteiger partial charge in [0, 0.05) is 6.54 Å². The Bertz CT molecular complexity index is 269. The maximum Gasteiger partial charge on any atom is 0.0644 e. The number of aliphatic hydroxyl groups is 1. The van der Waals surface area contributed by atoms with Crippen LogP contribution in [0.5, 0.6) is 0 Å². The van der Waals surface area contributed by atoms with E-state index in [1.54, 1.807) is 0 Å². The summed E-state index contributed by atoms with van der Waals surface area (Å²) in [7, 11) is 0. The Morgan fingerprint density at radius 1 is 1.67 bits per heavy atom. The van der Waals surface area contributed by atoms with E-state index in [4.69, 9.17) is 5.11 Å². The summed E-state index contributed by atoms with van der Waals surface area (Å²) in [6, 6.07) is 0. The van der Waals surface area contributed by atoms with Crippen LogP contribution in [-0.4, -0.2) is 28.0 Å². The van der Waals surface area contributed by atoms with E-state index in [0.717, 1.165) is 19.5 Å². The molecule has 2 heterocycles. The Hall–Kier alpha value is -0.870. The van der Waals surface area contributed by atoms with Gasteiger partial charge in [-0.05, 0) is 18.5 Å². The average molecular weight is 167 g/mol. The van der Waals surface area contributed by atoms with E-state index in [-0.39, 0.29) is 6.61 Å². The lowest BCUT2D eigenvalue weighted by atomic mass is 10.1. The van der Waals surface area contributed by atoms with E-state index in [0.29, 0.717) is 6.54 Å². The normalized spacial score (nSPS) is 16.1. The number of hydrogen-bond donors (Lipinski definition) is 2. The predicted molar refractivity (Wildman–Crippen MR) is 44.7 cm³/mol. The molecule has 0 unspecified atom stereocenters. The topological polar surface area (TPSA) is 50.1 Å². The van der Waals surface area contributed by atoms with Gasteiger partial charge in [0.05, 0.1) is 25.0 Å². The molecule has 12 heavy (non-hydrogen) atoms. The SMILES string of the molecule is OCCn1ncc2c1CNCC2. The standard InChI is InChI=1S/C8H13N3O/c12-4-3-11-8-6-9-2-1-7(8)5-10-11/h5,9,12H,1-4,6H2. The second-order valence-corrected chi connectivity index (χ2v) is 2.99. The molecule has 0 aliphatic carbocycles. The highest BCUT2D eigenvalue weighted by Gasteiger charge is 2.13. The Balaban J connectivity index is 2.25. The van der Waals surface area contributed by atoms with E-state index in [1.165, 1.54) is 11.3 Å². The lowest BCUT2D eigenvalue weighted by Crippen LogP contribution is -2.25. The van der Waals surface area contributed by atoms with Crippen LogP contribution in [0, 0.1) is 0 Å². The summed E-state index contributed by atoms with van der Waals surface area (Å²) in [5.74, 6) is 0. The number of fused-ring (bicyclic) bond motifs is 1. The molecule has 4 nitrogen and oxygen atoms in total. The van der Waals surface area contributed by atoms with Crippen molar-refractivity contribution in [2.45, 2.75) is 19.5 Å². The molecule has 1 aliphatic rings. The zero-order valence-electron chi connectivity index (χ0n) is 6.95. The zero-order chi connectivity index (χ0) is 8.39. The predicted octanol–water partition coefficient (Wildman–Crippen LogP) is -0.479. The van der Waals surface area contributed by atoms with Gasteiger partial charge in [0.25, 0.3) is 0 Å². The summed E-state index contributed by atoms with van der Waals surface area (Å²) in [4.78, 5) is 0. The molecular formula is C8H13N3O. The molecule has 1 aromatic heterocycles. The molecule has 1 aliphatic heterocycles. The van der Waals surface area contributed by atoms with Gasteiger partial charge in [0.2, 0.25) is 0 Å². The van der Waals surface area contributed by atoms with Crippen molar-refractivity contribution in [3.63, 3.8) is 0 Å². The van der Waals surface area contributed by atoms with Crippen molar-refractivity contribution in [3.8, 4) is 0 Å². The smallest absolute Gasteiger partial charge is 0.0644 e. The lowest BCUT2D eigenvalue weighted by molar-refractivity contribution is 0.266. The monoisotopic (exact) mass is 167 g/mol. The van der Waals surface area contributed by atoms with Gasteiger partial charge in [-0.15, -0.1) is 0 Å². The fourth-order valence-corrected chi connectivity index (χ4v) is 1.58. The third-order valence-electron chi connectivity index (χ3n) is 2.21. The van der Waals surface area contributed by atoms with Crippen molar-refractivity contribution in [2.24, 2.45) is 0 Å². The highest BCUT2D eigenvalue weighted by atomic mass is 16.3. The first-order valence-corrected chi connectivity index (χ1v) is 4.27. The lowest BCUT2D eigenvalue weighted by Gasteiger charge is -2.14. The Labute approximate surface area is 71.2 Å². The van der Waals surface area contributed by atoms with Crippen LogP contribution in [0.25, 0.3) is 0 Å².